The summed E-state index contributed by atoms with van der Waals surface area (Å²) in [5.41, 5.74) is 1.74. The molecule has 2 fully saturated rings. The first-order valence-corrected chi connectivity index (χ1v) is 11.7. The van der Waals surface area contributed by atoms with E-state index < -0.39 is 24.0 Å². The molecule has 168 valence electrons. The Bertz CT molecular complexity index is 1440. The van der Waals surface area contributed by atoms with Crippen LogP contribution in [0.5, 0.6) is 5.75 Å². The van der Waals surface area contributed by atoms with Crippen LogP contribution in [0.1, 0.15) is 11.6 Å². The average Bonchev–Trinajstić information content (AvgIpc) is 3.37. The van der Waals surface area contributed by atoms with E-state index in [1.807, 2.05) is 66.7 Å². The molecule has 7 heteroatoms. The summed E-state index contributed by atoms with van der Waals surface area (Å²) in [6.07, 6.45) is -1.00. The number of hydrogen-bond acceptors (Lipinski definition) is 5. The van der Waals surface area contributed by atoms with Crippen LogP contribution in [0.25, 0.3) is 10.8 Å². The molecule has 34 heavy (non-hydrogen) atoms. The zero-order chi connectivity index (χ0) is 23.4. The van der Waals surface area contributed by atoms with E-state index in [0.717, 1.165) is 15.2 Å². The van der Waals surface area contributed by atoms with Crippen molar-refractivity contribution in [1.29, 1.82) is 0 Å². The van der Waals surface area contributed by atoms with Crippen molar-refractivity contribution in [2.75, 3.05) is 9.96 Å². The van der Waals surface area contributed by atoms with Crippen LogP contribution in [0.3, 0.4) is 0 Å². The number of fused-ring (bicyclic) bond motifs is 2. The van der Waals surface area contributed by atoms with Gasteiger partial charge in [0.1, 0.15) is 11.7 Å². The van der Waals surface area contributed by atoms with Crippen molar-refractivity contribution in [3.63, 3.8) is 0 Å². The van der Waals surface area contributed by atoms with Crippen molar-refractivity contribution in [2.45, 2.75) is 12.1 Å². The fraction of sp³-hybridized carbons (Fsp3) is 0.111. The molecule has 2 aliphatic heterocycles. The van der Waals surface area contributed by atoms with E-state index in [4.69, 9.17) is 4.84 Å². The van der Waals surface area contributed by atoms with Crippen molar-refractivity contribution in [3.05, 3.63) is 101 Å². The second-order valence-corrected chi connectivity index (χ2v) is 9.29. The first-order valence-electron chi connectivity index (χ1n) is 10.9. The Morgan fingerprint density at radius 1 is 0.824 bits per heavy atom. The van der Waals surface area contributed by atoms with Gasteiger partial charge in [-0.25, -0.2) is 9.96 Å². The van der Waals surface area contributed by atoms with E-state index in [2.05, 4.69) is 15.9 Å². The Morgan fingerprint density at radius 2 is 1.56 bits per heavy atom. The van der Waals surface area contributed by atoms with Gasteiger partial charge in [-0.1, -0.05) is 70.5 Å². The van der Waals surface area contributed by atoms with Crippen LogP contribution >= 0.6 is 15.9 Å². The largest absolute Gasteiger partial charge is 0.508 e. The van der Waals surface area contributed by atoms with Gasteiger partial charge in [0.2, 0.25) is 5.91 Å². The van der Waals surface area contributed by atoms with Crippen molar-refractivity contribution in [3.8, 4) is 5.75 Å². The lowest BCUT2D eigenvalue weighted by Gasteiger charge is -2.29. The Hall–Kier alpha value is -3.68. The van der Waals surface area contributed by atoms with Crippen LogP contribution in [-0.2, 0) is 14.4 Å². The average molecular weight is 515 g/mol. The van der Waals surface area contributed by atoms with Gasteiger partial charge in [0, 0.05) is 15.4 Å². The number of benzene rings is 4. The van der Waals surface area contributed by atoms with Crippen LogP contribution in [0.15, 0.2) is 95.5 Å². The molecule has 2 amide bonds. The summed E-state index contributed by atoms with van der Waals surface area (Å²) < 4.78 is 0.749. The number of anilines is 2. The highest BCUT2D eigenvalue weighted by Gasteiger charge is 2.60. The third-order valence-electron chi connectivity index (χ3n) is 6.44. The molecular weight excluding hydrogens is 496 g/mol. The third-order valence-corrected chi connectivity index (χ3v) is 6.94. The van der Waals surface area contributed by atoms with Gasteiger partial charge in [-0.15, -0.1) is 0 Å². The van der Waals surface area contributed by atoms with Crippen LogP contribution in [0.2, 0.25) is 0 Å². The summed E-state index contributed by atoms with van der Waals surface area (Å²) in [5, 5.41) is 14.1. The number of phenols is 1. The number of carbonyl (C=O) groups is 2. The van der Waals surface area contributed by atoms with Gasteiger partial charge in [-0.05, 0) is 41.8 Å². The highest BCUT2D eigenvalue weighted by Crippen LogP contribution is 2.50. The highest BCUT2D eigenvalue weighted by molar-refractivity contribution is 9.10. The molecule has 4 aromatic carbocycles. The monoisotopic (exact) mass is 514 g/mol. The number of imide groups is 1. The number of para-hydroxylation sites is 1. The zero-order valence-electron chi connectivity index (χ0n) is 17.8. The molecule has 0 saturated carbocycles. The first-order chi connectivity index (χ1) is 16.5. The molecule has 3 unspecified atom stereocenters. The standard InChI is InChI=1S/C27H19BrN2O4/c28-17-13-14-22(31)20(15-17)24-23-25(34-30(24)18-9-2-1-3-10-18)27(33)29(26(23)32)21-12-6-8-16-7-4-5-11-19(16)21/h1-15,23-25,31H. The topological polar surface area (TPSA) is 70.1 Å². The van der Waals surface area contributed by atoms with E-state index >= 15 is 0 Å². The van der Waals surface area contributed by atoms with Crippen molar-refractivity contribution < 1.29 is 19.5 Å². The molecule has 1 N–H and O–H groups in total. The van der Waals surface area contributed by atoms with Gasteiger partial charge >= 0.3 is 0 Å². The molecular formula is C27H19BrN2O4. The van der Waals surface area contributed by atoms with Gasteiger partial charge in [-0.3, -0.25) is 14.4 Å². The number of phenolic OH excluding ortho intramolecular Hbond substituents is 1. The summed E-state index contributed by atoms with van der Waals surface area (Å²) in [6.45, 7) is 0. The first kappa shape index (κ1) is 20.9. The minimum absolute atomic E-state index is 0.0299. The summed E-state index contributed by atoms with van der Waals surface area (Å²) in [5.74, 6) is -1.56. The fourth-order valence-electron chi connectivity index (χ4n) is 4.93. The van der Waals surface area contributed by atoms with Gasteiger partial charge < -0.3 is 5.11 Å². The summed E-state index contributed by atoms with van der Waals surface area (Å²) in [7, 11) is 0. The summed E-state index contributed by atoms with van der Waals surface area (Å²) in [4.78, 5) is 34.9. The molecule has 6 rings (SSSR count). The Kier molecular flexibility index (Phi) is 4.90. The maximum atomic E-state index is 13.9. The molecule has 0 spiro atoms. The van der Waals surface area contributed by atoms with Gasteiger partial charge in [-0.2, -0.15) is 0 Å². The number of amides is 2. The Morgan fingerprint density at radius 3 is 2.38 bits per heavy atom. The molecule has 2 heterocycles. The molecule has 0 aliphatic carbocycles. The molecule has 3 atom stereocenters. The van der Waals surface area contributed by atoms with E-state index in [1.165, 1.54) is 4.90 Å². The van der Waals surface area contributed by atoms with Crippen LogP contribution in [-0.4, -0.2) is 23.0 Å². The van der Waals surface area contributed by atoms with E-state index in [9.17, 15) is 14.7 Å². The molecule has 4 aromatic rings. The highest BCUT2D eigenvalue weighted by atomic mass is 79.9. The lowest BCUT2D eigenvalue weighted by molar-refractivity contribution is -0.126. The Balaban J connectivity index is 1.49. The quantitative estimate of drug-likeness (QED) is 0.372. The summed E-state index contributed by atoms with van der Waals surface area (Å²) >= 11 is 3.46. The molecule has 2 aliphatic rings. The lowest BCUT2D eigenvalue weighted by atomic mass is 9.90. The second-order valence-electron chi connectivity index (χ2n) is 8.37. The van der Waals surface area contributed by atoms with Gasteiger partial charge in [0.15, 0.2) is 6.10 Å². The van der Waals surface area contributed by atoms with Crippen molar-refractivity contribution >= 4 is 49.9 Å². The molecule has 0 aromatic heterocycles. The molecule has 0 radical (unpaired) electrons. The van der Waals surface area contributed by atoms with E-state index in [0.29, 0.717) is 16.9 Å². The lowest BCUT2D eigenvalue weighted by Crippen LogP contribution is -2.37. The molecule has 0 bridgehead atoms. The SMILES string of the molecule is O=C1C2ON(c3ccccc3)C(c3cc(Br)ccc3O)C2C(=O)N1c1cccc2ccccc12. The van der Waals surface area contributed by atoms with Crippen molar-refractivity contribution in [1.82, 2.24) is 0 Å². The maximum absolute atomic E-state index is 13.9. The normalized spacial score (nSPS) is 22.0. The minimum Gasteiger partial charge on any atom is -0.508 e. The zero-order valence-corrected chi connectivity index (χ0v) is 19.4. The number of halogens is 1. The van der Waals surface area contributed by atoms with E-state index in [-0.39, 0.29) is 11.7 Å². The number of hydroxylamine groups is 1. The van der Waals surface area contributed by atoms with Crippen molar-refractivity contribution in [2.24, 2.45) is 5.92 Å². The van der Waals surface area contributed by atoms with Crippen LogP contribution < -0.4 is 9.96 Å². The van der Waals surface area contributed by atoms with Gasteiger partial charge in [0.25, 0.3) is 5.91 Å². The van der Waals surface area contributed by atoms with E-state index in [1.54, 1.807) is 29.3 Å². The number of aromatic hydroxyl groups is 1. The van der Waals surface area contributed by atoms with Crippen LogP contribution in [0, 0.1) is 5.92 Å². The van der Waals surface area contributed by atoms with Gasteiger partial charge in [0.05, 0.1) is 17.4 Å². The summed E-state index contributed by atoms with van der Waals surface area (Å²) in [6, 6.07) is 26.9. The second kappa shape index (κ2) is 7.97. The molecule has 2 saturated heterocycles. The number of nitrogens with zero attached hydrogens (tertiary/aromatic N) is 2. The number of rotatable bonds is 3. The third kappa shape index (κ3) is 3.12. The predicted octanol–water partition coefficient (Wildman–Crippen LogP) is 5.36. The number of carbonyl (C=O) groups excluding carboxylic acids is 2. The fourth-order valence-corrected chi connectivity index (χ4v) is 5.31. The molecule has 6 nitrogen and oxygen atoms in total. The predicted molar refractivity (Wildman–Crippen MR) is 132 cm³/mol. The smallest absolute Gasteiger partial charge is 0.266 e. The number of hydrogen-bond donors (Lipinski definition) is 1. The Labute approximate surface area is 204 Å². The maximum Gasteiger partial charge on any atom is 0.266 e. The van der Waals surface area contributed by atoms with Crippen LogP contribution in [0.4, 0.5) is 11.4 Å². The minimum atomic E-state index is -1.00.